The molecule has 0 bridgehead atoms. The van der Waals surface area contributed by atoms with Crippen LogP contribution in [-0.4, -0.2) is 15.5 Å². The Morgan fingerprint density at radius 1 is 0.815 bits per heavy atom. The zero-order valence-corrected chi connectivity index (χ0v) is 14.9. The van der Waals surface area contributed by atoms with Gasteiger partial charge in [0, 0.05) is 17.7 Å². The summed E-state index contributed by atoms with van der Waals surface area (Å²) < 4.78 is 2.21. The Balaban J connectivity index is 1.63. The minimum atomic E-state index is 0.00825. The number of nitrogens with zero attached hydrogens (tertiary/aromatic N) is 1. The Hall–Kier alpha value is -3.33. The number of aromatic hydroxyl groups is 1. The zero-order chi connectivity index (χ0) is 18.4. The van der Waals surface area contributed by atoms with E-state index < -0.39 is 0 Å². The molecule has 1 N–H and O–H groups in total. The molecule has 1 aliphatic carbocycles. The van der Waals surface area contributed by atoms with E-state index in [9.17, 15) is 9.90 Å². The van der Waals surface area contributed by atoms with Gasteiger partial charge in [-0.1, -0.05) is 60.7 Å². The molecule has 0 amide bonds. The van der Waals surface area contributed by atoms with Crippen molar-refractivity contribution in [1.29, 1.82) is 0 Å². The highest BCUT2D eigenvalue weighted by Crippen LogP contribution is 2.45. The van der Waals surface area contributed by atoms with E-state index in [4.69, 9.17) is 0 Å². The fourth-order valence-electron chi connectivity index (χ4n) is 4.22. The first-order chi connectivity index (χ1) is 13.3. The molecule has 5 rings (SSSR count). The quantitative estimate of drug-likeness (QED) is 0.483. The third-order valence-corrected chi connectivity index (χ3v) is 5.41. The van der Waals surface area contributed by atoms with E-state index in [0.717, 1.165) is 41.7 Å². The van der Waals surface area contributed by atoms with Crippen LogP contribution in [0, 0.1) is 0 Å². The van der Waals surface area contributed by atoms with Gasteiger partial charge in [0.25, 0.3) is 0 Å². The predicted molar refractivity (Wildman–Crippen MR) is 107 cm³/mol. The first-order valence-corrected chi connectivity index (χ1v) is 9.28. The number of hydrogen-bond donors (Lipinski definition) is 1. The Morgan fingerprint density at radius 2 is 1.56 bits per heavy atom. The molecule has 0 atom stereocenters. The number of fused-ring (bicyclic) bond motifs is 5. The Bertz CT molecular complexity index is 1170. The molecule has 1 heterocycles. The number of rotatable bonds is 4. The van der Waals surface area contributed by atoms with Gasteiger partial charge in [0.1, 0.15) is 5.75 Å². The first kappa shape index (κ1) is 15.9. The lowest BCUT2D eigenvalue weighted by atomic mass is 10.1. The van der Waals surface area contributed by atoms with Gasteiger partial charge in [-0.3, -0.25) is 4.79 Å². The predicted octanol–water partition coefficient (Wildman–Crippen LogP) is 5.19. The van der Waals surface area contributed by atoms with Gasteiger partial charge in [-0.05, 0) is 30.5 Å². The summed E-state index contributed by atoms with van der Waals surface area (Å²) >= 11 is 0. The molecule has 0 fully saturated rings. The summed E-state index contributed by atoms with van der Waals surface area (Å²) in [6.45, 7) is 0.797. The molecule has 0 unspecified atom stereocenters. The van der Waals surface area contributed by atoms with E-state index in [-0.39, 0.29) is 11.5 Å². The van der Waals surface area contributed by atoms with Crippen LogP contribution in [0.5, 0.6) is 5.75 Å². The maximum Gasteiger partial charge on any atom is 0.196 e. The third-order valence-electron chi connectivity index (χ3n) is 5.41. The van der Waals surface area contributed by atoms with Crippen molar-refractivity contribution in [3.63, 3.8) is 0 Å². The summed E-state index contributed by atoms with van der Waals surface area (Å²) in [5, 5.41) is 11.2. The van der Waals surface area contributed by atoms with Crippen LogP contribution in [0.3, 0.4) is 0 Å². The van der Waals surface area contributed by atoms with Crippen molar-refractivity contribution >= 4 is 16.7 Å². The van der Waals surface area contributed by atoms with Gasteiger partial charge in [-0.25, -0.2) is 0 Å². The van der Waals surface area contributed by atoms with Gasteiger partial charge in [0.2, 0.25) is 0 Å². The minimum Gasteiger partial charge on any atom is -0.507 e. The number of benzene rings is 3. The zero-order valence-electron chi connectivity index (χ0n) is 14.9. The number of carbonyl (C=O) groups is 1. The molecule has 3 heteroatoms. The number of phenols is 1. The maximum absolute atomic E-state index is 13.0. The lowest BCUT2D eigenvalue weighted by Crippen LogP contribution is -2.01. The van der Waals surface area contributed by atoms with Crippen LogP contribution in [0.1, 0.15) is 27.9 Å². The van der Waals surface area contributed by atoms with E-state index in [1.54, 1.807) is 6.07 Å². The van der Waals surface area contributed by atoms with Crippen LogP contribution in [-0.2, 0) is 13.0 Å². The molecule has 3 aromatic carbocycles. The highest BCUT2D eigenvalue weighted by Gasteiger charge is 2.34. The largest absolute Gasteiger partial charge is 0.507 e. The molecule has 132 valence electrons. The van der Waals surface area contributed by atoms with Gasteiger partial charge >= 0.3 is 0 Å². The first-order valence-electron chi connectivity index (χ1n) is 9.28. The van der Waals surface area contributed by atoms with Crippen LogP contribution in [0.15, 0.2) is 72.8 Å². The smallest absolute Gasteiger partial charge is 0.196 e. The second kappa shape index (κ2) is 6.13. The molecule has 0 radical (unpaired) electrons. The highest BCUT2D eigenvalue weighted by molar-refractivity contribution is 6.28. The van der Waals surface area contributed by atoms with Crippen LogP contribution >= 0.6 is 0 Å². The summed E-state index contributed by atoms with van der Waals surface area (Å²) in [6.07, 6.45) is 1.94. The average Bonchev–Trinajstić information content (AvgIpc) is 3.18. The van der Waals surface area contributed by atoms with Crippen LogP contribution in [0.25, 0.3) is 22.2 Å². The highest BCUT2D eigenvalue weighted by atomic mass is 16.3. The molecular formula is C24H19NO2. The molecule has 1 aromatic heterocycles. The fourth-order valence-corrected chi connectivity index (χ4v) is 4.22. The van der Waals surface area contributed by atoms with Crippen LogP contribution in [0.2, 0.25) is 0 Å². The molecule has 0 saturated carbocycles. The SMILES string of the molecule is O=C1c2ccccc2-c2c1c1c(O)cccc1n2CCCc1ccccc1. The van der Waals surface area contributed by atoms with Crippen molar-refractivity contribution in [3.05, 3.63) is 89.5 Å². The summed E-state index contributed by atoms with van der Waals surface area (Å²) in [6, 6.07) is 23.7. The Labute approximate surface area is 157 Å². The van der Waals surface area contributed by atoms with Crippen molar-refractivity contribution in [2.24, 2.45) is 0 Å². The fraction of sp³-hybridized carbons (Fsp3) is 0.125. The second-order valence-corrected chi connectivity index (χ2v) is 7.01. The second-order valence-electron chi connectivity index (χ2n) is 7.01. The molecule has 0 saturated heterocycles. The monoisotopic (exact) mass is 353 g/mol. The van der Waals surface area contributed by atoms with E-state index in [0.29, 0.717) is 10.9 Å². The van der Waals surface area contributed by atoms with Crippen molar-refractivity contribution in [2.45, 2.75) is 19.4 Å². The van der Waals surface area contributed by atoms with E-state index in [1.807, 2.05) is 42.5 Å². The van der Waals surface area contributed by atoms with Gasteiger partial charge in [-0.15, -0.1) is 0 Å². The molecule has 4 aromatic rings. The van der Waals surface area contributed by atoms with E-state index in [1.165, 1.54) is 5.56 Å². The van der Waals surface area contributed by atoms with Crippen LogP contribution in [0.4, 0.5) is 0 Å². The van der Waals surface area contributed by atoms with Crippen molar-refractivity contribution < 1.29 is 9.90 Å². The summed E-state index contributed by atoms with van der Waals surface area (Å²) in [5.74, 6) is 0.181. The molecular weight excluding hydrogens is 334 g/mol. The van der Waals surface area contributed by atoms with Gasteiger partial charge < -0.3 is 9.67 Å². The lowest BCUT2D eigenvalue weighted by Gasteiger charge is -2.11. The van der Waals surface area contributed by atoms with Gasteiger partial charge in [-0.2, -0.15) is 0 Å². The van der Waals surface area contributed by atoms with Crippen molar-refractivity contribution in [2.75, 3.05) is 0 Å². The van der Waals surface area contributed by atoms with Crippen LogP contribution < -0.4 is 0 Å². The minimum absolute atomic E-state index is 0.00825. The molecule has 0 spiro atoms. The summed E-state index contributed by atoms with van der Waals surface area (Å²) in [4.78, 5) is 13.0. The standard InChI is InChI=1S/C24H19NO2/c26-20-14-6-13-19-21(20)22-23(17-11-4-5-12-18(17)24(22)27)25(19)15-7-10-16-8-2-1-3-9-16/h1-6,8-9,11-14,26H,7,10,15H2. The van der Waals surface area contributed by atoms with Crippen molar-refractivity contribution in [1.82, 2.24) is 4.57 Å². The number of ketones is 1. The normalized spacial score (nSPS) is 12.4. The van der Waals surface area contributed by atoms with E-state index in [2.05, 4.69) is 28.8 Å². The number of aromatic nitrogens is 1. The van der Waals surface area contributed by atoms with E-state index >= 15 is 0 Å². The summed E-state index contributed by atoms with van der Waals surface area (Å²) in [5.41, 5.74) is 5.52. The van der Waals surface area contributed by atoms with Gasteiger partial charge in [0.05, 0.1) is 22.2 Å². The Kier molecular flexibility index (Phi) is 3.61. The molecule has 27 heavy (non-hydrogen) atoms. The number of hydrogen-bond acceptors (Lipinski definition) is 2. The summed E-state index contributed by atoms with van der Waals surface area (Å²) in [7, 11) is 0. The topological polar surface area (TPSA) is 42.2 Å². The van der Waals surface area contributed by atoms with Gasteiger partial charge in [0.15, 0.2) is 5.78 Å². The third kappa shape index (κ3) is 2.39. The Morgan fingerprint density at radius 3 is 2.37 bits per heavy atom. The number of carbonyl (C=O) groups excluding carboxylic acids is 1. The number of phenolic OH excluding ortho intramolecular Hbond substituents is 1. The molecule has 3 nitrogen and oxygen atoms in total. The molecule has 0 aliphatic heterocycles. The maximum atomic E-state index is 13.0. The lowest BCUT2D eigenvalue weighted by molar-refractivity contribution is 0.104. The molecule has 1 aliphatic rings. The number of aryl methyl sites for hydroxylation is 2. The van der Waals surface area contributed by atoms with Crippen molar-refractivity contribution in [3.8, 4) is 17.0 Å². The average molecular weight is 353 g/mol.